The molecule has 0 aliphatic heterocycles. The van der Waals surface area contributed by atoms with Gasteiger partial charge in [0.15, 0.2) is 0 Å². The first kappa shape index (κ1) is 16.4. The number of carbonyl (C=O) groups excluding carboxylic acids is 1. The van der Waals surface area contributed by atoms with Crippen LogP contribution in [0.2, 0.25) is 0 Å². The maximum atomic E-state index is 12.7. The van der Waals surface area contributed by atoms with E-state index in [1.165, 1.54) is 0 Å². The zero-order chi connectivity index (χ0) is 17.3. The van der Waals surface area contributed by atoms with E-state index in [9.17, 15) is 4.79 Å². The molecule has 3 rings (SSSR count). The van der Waals surface area contributed by atoms with Gasteiger partial charge in [0.2, 0.25) is 5.95 Å². The molecule has 1 amide bonds. The van der Waals surface area contributed by atoms with E-state index in [4.69, 9.17) is 5.73 Å². The zero-order valence-corrected chi connectivity index (χ0v) is 14.3. The van der Waals surface area contributed by atoms with Crippen molar-refractivity contribution in [1.29, 1.82) is 0 Å². The summed E-state index contributed by atoms with van der Waals surface area (Å²) in [5, 5.41) is 3.10. The molecule has 0 radical (unpaired) electrons. The Labute approximate surface area is 141 Å². The summed E-state index contributed by atoms with van der Waals surface area (Å²) in [5.74, 6) is 0.515. The molecule has 6 heteroatoms. The highest BCUT2D eigenvalue weighted by Crippen LogP contribution is 2.41. The third-order valence-electron chi connectivity index (χ3n) is 4.31. The van der Waals surface area contributed by atoms with Gasteiger partial charge in [-0.05, 0) is 49.3 Å². The molecule has 1 unspecified atom stereocenters. The Kier molecular flexibility index (Phi) is 4.46. The summed E-state index contributed by atoms with van der Waals surface area (Å²) < 4.78 is 0. The van der Waals surface area contributed by atoms with Gasteiger partial charge in [0.1, 0.15) is 5.69 Å². The second-order valence-corrected chi connectivity index (χ2v) is 6.69. The van der Waals surface area contributed by atoms with Crippen LogP contribution >= 0.6 is 0 Å². The summed E-state index contributed by atoms with van der Waals surface area (Å²) >= 11 is 0. The van der Waals surface area contributed by atoms with Crippen LogP contribution in [-0.2, 0) is 0 Å². The molecule has 2 aromatic rings. The van der Waals surface area contributed by atoms with Gasteiger partial charge in [-0.3, -0.25) is 9.78 Å². The SMILES string of the molecule is Cc1cccnc1C(NC(=O)c1cc(C(C)C)nc(N)n1)C1CC1. The Hall–Kier alpha value is -2.50. The van der Waals surface area contributed by atoms with Crippen LogP contribution in [0.15, 0.2) is 24.4 Å². The number of nitrogens with one attached hydrogen (secondary N) is 1. The van der Waals surface area contributed by atoms with E-state index in [2.05, 4.69) is 20.3 Å². The number of amides is 1. The van der Waals surface area contributed by atoms with Crippen molar-refractivity contribution in [2.24, 2.45) is 5.92 Å². The average Bonchev–Trinajstić information content (AvgIpc) is 3.37. The van der Waals surface area contributed by atoms with Gasteiger partial charge in [-0.25, -0.2) is 9.97 Å². The average molecular weight is 325 g/mol. The van der Waals surface area contributed by atoms with Gasteiger partial charge < -0.3 is 11.1 Å². The molecule has 24 heavy (non-hydrogen) atoms. The van der Waals surface area contributed by atoms with Crippen molar-refractivity contribution >= 4 is 11.9 Å². The number of rotatable bonds is 5. The standard InChI is InChI=1S/C18H23N5O/c1-10(2)13-9-14(22-18(19)21-13)17(24)23-16(12-6-7-12)15-11(3)5-4-8-20-15/h4-5,8-10,12,16H,6-7H2,1-3H3,(H,23,24)(H2,19,21,22). The lowest BCUT2D eigenvalue weighted by molar-refractivity contribution is 0.0925. The molecule has 1 saturated carbocycles. The number of pyridine rings is 1. The Bertz CT molecular complexity index is 755. The highest BCUT2D eigenvalue weighted by atomic mass is 16.2. The summed E-state index contributed by atoms with van der Waals surface area (Å²) in [6.07, 6.45) is 3.97. The molecule has 1 aliphatic rings. The molecular formula is C18H23N5O. The Morgan fingerprint density at radius 2 is 2.08 bits per heavy atom. The Morgan fingerprint density at radius 1 is 1.33 bits per heavy atom. The molecule has 3 N–H and O–H groups in total. The van der Waals surface area contributed by atoms with Crippen LogP contribution in [-0.4, -0.2) is 20.9 Å². The third-order valence-corrected chi connectivity index (χ3v) is 4.31. The molecule has 1 aliphatic carbocycles. The molecule has 0 saturated heterocycles. The van der Waals surface area contributed by atoms with Crippen molar-refractivity contribution in [3.05, 3.63) is 47.0 Å². The first-order valence-corrected chi connectivity index (χ1v) is 8.32. The molecule has 0 aromatic carbocycles. The van der Waals surface area contributed by atoms with Crippen LogP contribution in [0.3, 0.4) is 0 Å². The lowest BCUT2D eigenvalue weighted by Crippen LogP contribution is -2.32. The van der Waals surface area contributed by atoms with Gasteiger partial charge in [0.05, 0.1) is 11.7 Å². The van der Waals surface area contributed by atoms with Gasteiger partial charge in [0.25, 0.3) is 5.91 Å². The summed E-state index contributed by atoms with van der Waals surface area (Å²) in [6, 6.07) is 5.55. The topological polar surface area (TPSA) is 93.8 Å². The number of aryl methyl sites for hydroxylation is 1. The van der Waals surface area contributed by atoms with Gasteiger partial charge in [-0.1, -0.05) is 19.9 Å². The summed E-state index contributed by atoms with van der Waals surface area (Å²) in [7, 11) is 0. The Balaban J connectivity index is 1.86. The molecule has 1 atom stereocenters. The molecule has 0 spiro atoms. The van der Waals surface area contributed by atoms with Crippen LogP contribution in [0.4, 0.5) is 5.95 Å². The van der Waals surface area contributed by atoms with E-state index >= 15 is 0 Å². The summed E-state index contributed by atoms with van der Waals surface area (Å²) in [6.45, 7) is 6.03. The van der Waals surface area contributed by atoms with Crippen LogP contribution < -0.4 is 11.1 Å². The fraction of sp³-hybridized carbons (Fsp3) is 0.444. The van der Waals surface area contributed by atoms with Gasteiger partial charge in [-0.15, -0.1) is 0 Å². The number of anilines is 1. The lowest BCUT2D eigenvalue weighted by Gasteiger charge is -2.19. The fourth-order valence-electron chi connectivity index (χ4n) is 2.78. The van der Waals surface area contributed by atoms with Crippen molar-refractivity contribution in [1.82, 2.24) is 20.3 Å². The van der Waals surface area contributed by atoms with E-state index in [1.54, 1.807) is 12.3 Å². The van der Waals surface area contributed by atoms with Crippen molar-refractivity contribution in [3.63, 3.8) is 0 Å². The molecular weight excluding hydrogens is 302 g/mol. The third kappa shape index (κ3) is 3.53. The molecule has 2 heterocycles. The van der Waals surface area contributed by atoms with Crippen molar-refractivity contribution in [2.45, 2.75) is 45.6 Å². The minimum absolute atomic E-state index is 0.0858. The summed E-state index contributed by atoms with van der Waals surface area (Å²) in [4.78, 5) is 25.5. The van der Waals surface area contributed by atoms with Crippen LogP contribution in [0.5, 0.6) is 0 Å². The predicted octanol–water partition coefficient (Wildman–Crippen LogP) is 2.77. The Morgan fingerprint density at radius 3 is 2.71 bits per heavy atom. The van der Waals surface area contributed by atoms with E-state index in [0.717, 1.165) is 29.8 Å². The summed E-state index contributed by atoms with van der Waals surface area (Å²) in [5.41, 5.74) is 8.85. The molecule has 1 fully saturated rings. The van der Waals surface area contributed by atoms with Crippen LogP contribution in [0.1, 0.15) is 66.1 Å². The highest BCUT2D eigenvalue weighted by Gasteiger charge is 2.35. The van der Waals surface area contributed by atoms with E-state index in [0.29, 0.717) is 11.6 Å². The largest absolute Gasteiger partial charge is 0.368 e. The van der Waals surface area contributed by atoms with Crippen LogP contribution in [0, 0.1) is 12.8 Å². The number of nitrogens with zero attached hydrogens (tertiary/aromatic N) is 3. The maximum absolute atomic E-state index is 12.7. The number of hydrogen-bond acceptors (Lipinski definition) is 5. The van der Waals surface area contributed by atoms with Crippen LogP contribution in [0.25, 0.3) is 0 Å². The minimum atomic E-state index is -0.229. The normalized spacial score (nSPS) is 15.3. The molecule has 6 nitrogen and oxygen atoms in total. The quantitative estimate of drug-likeness (QED) is 0.881. The van der Waals surface area contributed by atoms with Gasteiger partial charge in [-0.2, -0.15) is 0 Å². The van der Waals surface area contributed by atoms with Crippen molar-refractivity contribution < 1.29 is 4.79 Å². The first-order valence-electron chi connectivity index (χ1n) is 8.32. The lowest BCUT2D eigenvalue weighted by atomic mass is 10.0. The number of carbonyl (C=O) groups is 1. The van der Waals surface area contributed by atoms with E-state index in [-0.39, 0.29) is 23.8 Å². The molecule has 2 aromatic heterocycles. The maximum Gasteiger partial charge on any atom is 0.270 e. The predicted molar refractivity (Wildman–Crippen MR) is 92.4 cm³/mol. The van der Waals surface area contributed by atoms with Gasteiger partial charge in [0, 0.05) is 11.9 Å². The van der Waals surface area contributed by atoms with Gasteiger partial charge >= 0.3 is 0 Å². The molecule has 0 bridgehead atoms. The number of nitrogens with two attached hydrogens (primary N) is 1. The fourth-order valence-corrected chi connectivity index (χ4v) is 2.78. The molecule has 126 valence electrons. The monoisotopic (exact) mass is 325 g/mol. The van der Waals surface area contributed by atoms with Crippen molar-refractivity contribution in [2.75, 3.05) is 5.73 Å². The smallest absolute Gasteiger partial charge is 0.270 e. The highest BCUT2D eigenvalue weighted by molar-refractivity contribution is 5.93. The first-order chi connectivity index (χ1) is 11.5. The second-order valence-electron chi connectivity index (χ2n) is 6.69. The van der Waals surface area contributed by atoms with Crippen molar-refractivity contribution in [3.8, 4) is 0 Å². The van der Waals surface area contributed by atoms with E-state index < -0.39 is 0 Å². The number of nitrogen functional groups attached to an aromatic ring is 1. The number of hydrogen-bond donors (Lipinski definition) is 2. The zero-order valence-electron chi connectivity index (χ0n) is 14.3. The second kappa shape index (κ2) is 6.55. The minimum Gasteiger partial charge on any atom is -0.368 e. The van der Waals surface area contributed by atoms with E-state index in [1.807, 2.05) is 32.9 Å². The number of aromatic nitrogens is 3.